The van der Waals surface area contributed by atoms with Gasteiger partial charge in [-0.15, -0.1) is 0 Å². The number of nitriles is 1. The number of aromatic nitrogens is 6. The Morgan fingerprint density at radius 1 is 0.222 bits per heavy atom. The zero-order chi connectivity index (χ0) is 71.3. The minimum absolute atomic E-state index is 0.427. The van der Waals surface area contributed by atoms with Crippen LogP contribution >= 0.6 is 0 Å². The second-order valence-electron chi connectivity index (χ2n) is 27.7. The Labute approximate surface area is 621 Å². The summed E-state index contributed by atoms with van der Waals surface area (Å²) in [6.07, 6.45) is 0. The first-order chi connectivity index (χ1) is 53.5. The number of rotatable bonds is 12. The minimum Gasteiger partial charge on any atom is -0.453 e. The SMILES string of the molecule is N#Cc1c(-n2c3ccc(-c4ccccc4)cc3c3cc(-c4ccccc4)ccc32)c(-n2c3ccc(-c4ccccc4)cc3c3cc(-c4ccccc4)ccc32)c2oc3c(-c4nc(-c5ccccc5)nc(-c5ccccc5)n4)cccc3c2c1-n1c2ccc(-c3ccccc3)cc2c2cc(-c3ccccc3)ccc21. The first-order valence-corrected chi connectivity index (χ1v) is 36.4. The Morgan fingerprint density at radius 3 is 0.787 bits per heavy atom. The highest BCUT2D eigenvalue weighted by molar-refractivity contribution is 6.23. The molecule has 0 N–H and O–H groups in total. The van der Waals surface area contributed by atoms with E-state index >= 15 is 0 Å². The number of hydrogen-bond acceptors (Lipinski definition) is 5. The van der Waals surface area contributed by atoms with Crippen molar-refractivity contribution in [2.24, 2.45) is 0 Å². The lowest BCUT2D eigenvalue weighted by atomic mass is 9.99. The van der Waals surface area contributed by atoms with Crippen LogP contribution in [-0.2, 0) is 0 Å². The minimum atomic E-state index is 0.427. The molecule has 0 aliphatic rings. The van der Waals surface area contributed by atoms with Crippen molar-refractivity contribution in [3.8, 4) is 124 Å². The number of furan rings is 1. The summed E-state index contributed by atoms with van der Waals surface area (Å²) >= 11 is 0. The van der Waals surface area contributed by atoms with Crippen LogP contribution in [0.15, 0.2) is 374 Å². The van der Waals surface area contributed by atoms with Crippen LogP contribution in [-0.4, -0.2) is 28.7 Å². The molecule has 21 rings (SSSR count). The van der Waals surface area contributed by atoms with Crippen molar-refractivity contribution in [3.05, 3.63) is 376 Å². The summed E-state index contributed by atoms with van der Waals surface area (Å²) in [4.78, 5) is 16.1. The van der Waals surface area contributed by atoms with Gasteiger partial charge >= 0.3 is 0 Å². The number of benzene rings is 16. The van der Waals surface area contributed by atoms with Gasteiger partial charge in [-0.2, -0.15) is 5.26 Å². The van der Waals surface area contributed by atoms with Crippen molar-refractivity contribution in [3.63, 3.8) is 0 Å². The predicted molar refractivity (Wildman–Crippen MR) is 444 cm³/mol. The van der Waals surface area contributed by atoms with Crippen molar-refractivity contribution in [1.82, 2.24) is 28.7 Å². The van der Waals surface area contributed by atoms with E-state index in [2.05, 4.69) is 329 Å². The van der Waals surface area contributed by atoms with Gasteiger partial charge in [0, 0.05) is 48.8 Å². The average Bonchev–Trinajstić information content (AvgIpc) is 1.51. The summed E-state index contributed by atoms with van der Waals surface area (Å²) < 4.78 is 15.4. The summed E-state index contributed by atoms with van der Waals surface area (Å²) in [6, 6.07) is 134. The Balaban J connectivity index is 0.983. The first kappa shape index (κ1) is 61.8. The molecule has 5 heterocycles. The smallest absolute Gasteiger partial charge is 0.167 e. The summed E-state index contributed by atoms with van der Waals surface area (Å²) in [7, 11) is 0. The van der Waals surface area contributed by atoms with Gasteiger partial charge in [0.1, 0.15) is 22.9 Å². The molecule has 8 nitrogen and oxygen atoms in total. The van der Waals surface area contributed by atoms with E-state index in [0.717, 1.165) is 154 Å². The number of fused-ring (bicyclic) bond motifs is 12. The fraction of sp³-hybridized carbons (Fsp3) is 0. The van der Waals surface area contributed by atoms with E-state index in [-0.39, 0.29) is 0 Å². The molecule has 21 aromatic rings. The highest BCUT2D eigenvalue weighted by Gasteiger charge is 2.34. The van der Waals surface area contributed by atoms with Gasteiger partial charge in [-0.3, -0.25) is 0 Å². The van der Waals surface area contributed by atoms with Crippen LogP contribution in [0.25, 0.3) is 205 Å². The third-order valence-corrected chi connectivity index (χ3v) is 21.5. The molecule has 0 spiro atoms. The molecule has 0 aliphatic heterocycles. The topological polar surface area (TPSA) is 90.4 Å². The predicted octanol–water partition coefficient (Wildman–Crippen LogP) is 25.9. The van der Waals surface area contributed by atoms with Gasteiger partial charge in [0.05, 0.1) is 55.4 Å². The fourth-order valence-electron chi connectivity index (χ4n) is 16.5. The maximum Gasteiger partial charge on any atom is 0.167 e. The summed E-state index contributed by atoms with van der Waals surface area (Å²) in [5.41, 5.74) is 24.3. The largest absolute Gasteiger partial charge is 0.453 e. The summed E-state index contributed by atoms with van der Waals surface area (Å²) in [5, 5.41) is 21.1. The number of hydrogen-bond donors (Lipinski definition) is 0. The van der Waals surface area contributed by atoms with Gasteiger partial charge in [-0.25, -0.2) is 15.0 Å². The molecule has 502 valence electrons. The molecule has 0 unspecified atom stereocenters. The van der Waals surface area contributed by atoms with E-state index in [1.165, 1.54) is 0 Å². The Hall–Kier alpha value is -14.8. The number of para-hydroxylation sites is 1. The van der Waals surface area contributed by atoms with Crippen molar-refractivity contribution >= 4 is 87.4 Å². The zero-order valence-electron chi connectivity index (χ0n) is 58.3. The molecule has 8 heteroatoms. The molecular formula is C100H61N7O. The standard InChI is InChI=1S/C100H61N7O/c101-62-85-93(105-86-50-44-71(63-26-9-1-10-27-63)56-79(86)80-57-72(45-51-87(80)105)64-28-11-2-12-29-64)92-77-42-25-43-78(100-103-98(69-38-21-7-22-39-69)102-99(104-100)70-40-23-8-24-41-70)96(77)108-97(92)95(107-90-54-48-75(67-34-17-5-18-35-67)60-83(90)84-61-76(49-55-91(84)107)68-36-19-6-20-37-68)94(85)106-88-52-46-73(65-30-13-3-14-31-65)58-81(88)82-59-74(47-53-89(82)106)66-32-15-4-16-33-66/h1-61H. The Morgan fingerprint density at radius 2 is 0.491 bits per heavy atom. The van der Waals surface area contributed by atoms with Gasteiger partial charge in [0.25, 0.3) is 0 Å². The number of nitrogens with zero attached hydrogens (tertiary/aromatic N) is 7. The van der Waals surface area contributed by atoms with E-state index in [1.54, 1.807) is 0 Å². The lowest BCUT2D eigenvalue weighted by molar-refractivity contribution is 0.666. The molecule has 0 aliphatic carbocycles. The van der Waals surface area contributed by atoms with E-state index in [4.69, 9.17) is 19.4 Å². The van der Waals surface area contributed by atoms with Crippen LogP contribution in [0.4, 0.5) is 0 Å². The second-order valence-corrected chi connectivity index (χ2v) is 27.7. The van der Waals surface area contributed by atoms with E-state index < -0.39 is 0 Å². The van der Waals surface area contributed by atoms with Gasteiger partial charge < -0.3 is 18.1 Å². The van der Waals surface area contributed by atoms with Gasteiger partial charge in [0.15, 0.2) is 23.1 Å². The molecule has 16 aromatic carbocycles. The van der Waals surface area contributed by atoms with Crippen LogP contribution < -0.4 is 0 Å². The molecule has 108 heavy (non-hydrogen) atoms. The van der Waals surface area contributed by atoms with Gasteiger partial charge in [-0.1, -0.05) is 291 Å². The highest BCUT2D eigenvalue weighted by atomic mass is 16.3. The maximum absolute atomic E-state index is 13.5. The zero-order valence-corrected chi connectivity index (χ0v) is 58.3. The quantitative estimate of drug-likeness (QED) is 0.122. The summed E-state index contributed by atoms with van der Waals surface area (Å²) in [6.45, 7) is 0. The van der Waals surface area contributed by atoms with Gasteiger partial charge in [-0.05, 0) is 146 Å². The average molecular weight is 1380 g/mol. The molecule has 0 atom stereocenters. The third-order valence-electron chi connectivity index (χ3n) is 21.5. The first-order valence-electron chi connectivity index (χ1n) is 36.4. The monoisotopic (exact) mass is 1380 g/mol. The molecular weight excluding hydrogens is 1320 g/mol. The molecule has 5 aromatic heterocycles. The van der Waals surface area contributed by atoms with Crippen molar-refractivity contribution in [1.29, 1.82) is 5.26 Å². The van der Waals surface area contributed by atoms with Crippen LogP contribution in [0, 0.1) is 11.3 Å². The fourth-order valence-corrected chi connectivity index (χ4v) is 16.5. The van der Waals surface area contributed by atoms with E-state index in [0.29, 0.717) is 56.8 Å². The molecule has 0 amide bonds. The Kier molecular flexibility index (Phi) is 14.5. The second kappa shape index (κ2) is 25.3. The molecule has 0 saturated carbocycles. The highest BCUT2D eigenvalue weighted by Crippen LogP contribution is 2.52. The molecule has 0 radical (unpaired) electrons. The van der Waals surface area contributed by atoms with Crippen LogP contribution in [0.5, 0.6) is 0 Å². The molecule has 0 fully saturated rings. The van der Waals surface area contributed by atoms with Crippen molar-refractivity contribution < 1.29 is 4.42 Å². The molecule has 0 saturated heterocycles. The Bertz CT molecular complexity index is 6840. The van der Waals surface area contributed by atoms with Gasteiger partial charge in [0.2, 0.25) is 0 Å². The normalized spacial score (nSPS) is 11.7. The lowest BCUT2D eigenvalue weighted by Crippen LogP contribution is -2.11. The van der Waals surface area contributed by atoms with Crippen LogP contribution in [0.1, 0.15) is 5.56 Å². The molecule has 0 bridgehead atoms. The van der Waals surface area contributed by atoms with Crippen LogP contribution in [0.2, 0.25) is 0 Å². The van der Waals surface area contributed by atoms with Crippen LogP contribution in [0.3, 0.4) is 0 Å². The third kappa shape index (κ3) is 10.1. The summed E-state index contributed by atoms with van der Waals surface area (Å²) in [5.74, 6) is 1.47. The van der Waals surface area contributed by atoms with Crippen molar-refractivity contribution in [2.45, 2.75) is 0 Å². The van der Waals surface area contributed by atoms with Crippen molar-refractivity contribution in [2.75, 3.05) is 0 Å². The lowest BCUT2D eigenvalue weighted by Gasteiger charge is -2.22. The van der Waals surface area contributed by atoms with E-state index in [1.807, 2.05) is 60.7 Å². The van der Waals surface area contributed by atoms with E-state index in [9.17, 15) is 5.26 Å². The maximum atomic E-state index is 13.5.